The van der Waals surface area contributed by atoms with Crippen LogP contribution in [0.1, 0.15) is 6.92 Å². The summed E-state index contributed by atoms with van der Waals surface area (Å²) in [6.45, 7) is 1.64. The molecular weight excluding hydrogens is 228 g/mol. The highest BCUT2D eigenvalue weighted by molar-refractivity contribution is 6.32. The molecule has 0 saturated carbocycles. The van der Waals surface area contributed by atoms with Gasteiger partial charge in [0.2, 0.25) is 0 Å². The van der Waals surface area contributed by atoms with Crippen LogP contribution in [0.4, 0.5) is 5.69 Å². The van der Waals surface area contributed by atoms with Crippen LogP contribution < -0.4 is 4.90 Å². The summed E-state index contributed by atoms with van der Waals surface area (Å²) in [6.07, 6.45) is 4.71. The molecule has 88 valence electrons. The summed E-state index contributed by atoms with van der Waals surface area (Å²) in [6, 6.07) is 7.36. The van der Waals surface area contributed by atoms with Gasteiger partial charge in [0.15, 0.2) is 0 Å². The van der Waals surface area contributed by atoms with Crippen LogP contribution in [-0.4, -0.2) is 16.8 Å². The minimum absolute atomic E-state index is 0.267. The first-order valence-electron chi connectivity index (χ1n) is 5.58. The molecule has 0 atom stereocenters. The number of imide groups is 1. The zero-order valence-corrected chi connectivity index (χ0v) is 9.75. The Kier molecular flexibility index (Phi) is 2.23. The number of hydrogen-bond acceptors (Lipinski definition) is 3. The van der Waals surface area contributed by atoms with Gasteiger partial charge in [-0.25, -0.2) is 4.90 Å². The van der Waals surface area contributed by atoms with E-state index in [-0.39, 0.29) is 11.8 Å². The van der Waals surface area contributed by atoms with E-state index in [2.05, 4.69) is 4.98 Å². The molecule has 0 spiro atoms. The molecule has 0 fully saturated rings. The topological polar surface area (TPSA) is 50.3 Å². The SMILES string of the molecule is CC1=CC(=O)N(c2cccc3ccncc23)C1=O. The molecule has 0 unspecified atom stereocenters. The maximum Gasteiger partial charge on any atom is 0.261 e. The zero-order valence-electron chi connectivity index (χ0n) is 9.75. The van der Waals surface area contributed by atoms with Gasteiger partial charge in [-0.1, -0.05) is 12.1 Å². The summed E-state index contributed by atoms with van der Waals surface area (Å²) < 4.78 is 0. The summed E-state index contributed by atoms with van der Waals surface area (Å²) >= 11 is 0. The maximum absolute atomic E-state index is 12.0. The fourth-order valence-electron chi connectivity index (χ4n) is 2.11. The Morgan fingerprint density at radius 2 is 2.00 bits per heavy atom. The van der Waals surface area contributed by atoms with Crippen LogP contribution in [0.2, 0.25) is 0 Å². The van der Waals surface area contributed by atoms with E-state index in [4.69, 9.17) is 0 Å². The number of carbonyl (C=O) groups excluding carboxylic acids is 2. The Labute approximate surface area is 104 Å². The molecule has 0 bridgehead atoms. The number of benzene rings is 1. The number of carbonyl (C=O) groups is 2. The zero-order chi connectivity index (χ0) is 12.7. The molecule has 0 saturated heterocycles. The predicted molar refractivity (Wildman–Crippen MR) is 68.0 cm³/mol. The molecular formula is C14H10N2O2. The predicted octanol–water partition coefficient (Wildman–Crippen LogP) is 2.05. The highest BCUT2D eigenvalue weighted by Gasteiger charge is 2.30. The Bertz CT molecular complexity index is 699. The minimum Gasteiger partial charge on any atom is -0.269 e. The van der Waals surface area contributed by atoms with Crippen LogP contribution in [0, 0.1) is 0 Å². The molecule has 3 rings (SSSR count). The van der Waals surface area contributed by atoms with Crippen LogP contribution in [0.3, 0.4) is 0 Å². The quantitative estimate of drug-likeness (QED) is 0.714. The number of rotatable bonds is 1. The Morgan fingerprint density at radius 1 is 1.17 bits per heavy atom. The van der Waals surface area contributed by atoms with E-state index < -0.39 is 0 Å². The first-order valence-corrected chi connectivity index (χ1v) is 5.58. The lowest BCUT2D eigenvalue weighted by molar-refractivity contribution is -0.120. The summed E-state index contributed by atoms with van der Waals surface area (Å²) in [5, 5.41) is 1.75. The van der Waals surface area contributed by atoms with Crippen molar-refractivity contribution in [2.75, 3.05) is 4.90 Å². The third-order valence-electron chi connectivity index (χ3n) is 3.00. The molecule has 2 amide bonds. The molecule has 4 heteroatoms. The largest absolute Gasteiger partial charge is 0.269 e. The summed E-state index contributed by atoms with van der Waals surface area (Å²) in [7, 11) is 0. The van der Waals surface area contributed by atoms with Crippen LogP contribution >= 0.6 is 0 Å². The van der Waals surface area contributed by atoms with Gasteiger partial charge in [-0.2, -0.15) is 0 Å². The molecule has 2 heterocycles. The number of hydrogen-bond donors (Lipinski definition) is 0. The average molecular weight is 238 g/mol. The van der Waals surface area contributed by atoms with Gasteiger partial charge in [0.25, 0.3) is 11.8 Å². The van der Waals surface area contributed by atoms with Crippen molar-refractivity contribution in [3.63, 3.8) is 0 Å². The maximum atomic E-state index is 12.0. The standard InChI is InChI=1S/C14H10N2O2/c1-9-7-13(17)16(14(9)18)12-4-2-3-10-5-6-15-8-11(10)12/h2-8H,1H3. The van der Waals surface area contributed by atoms with E-state index in [0.717, 1.165) is 10.8 Å². The van der Waals surface area contributed by atoms with E-state index in [1.807, 2.05) is 18.2 Å². The van der Waals surface area contributed by atoms with Gasteiger partial charge >= 0.3 is 0 Å². The van der Waals surface area contributed by atoms with Gasteiger partial charge < -0.3 is 0 Å². The first kappa shape index (κ1) is 10.7. The van der Waals surface area contributed by atoms with Crippen molar-refractivity contribution < 1.29 is 9.59 Å². The first-order chi connectivity index (χ1) is 8.68. The van der Waals surface area contributed by atoms with Gasteiger partial charge in [0.1, 0.15) is 0 Å². The van der Waals surface area contributed by atoms with Gasteiger partial charge in [-0.05, 0) is 24.4 Å². The van der Waals surface area contributed by atoms with Crippen LogP contribution in [-0.2, 0) is 9.59 Å². The van der Waals surface area contributed by atoms with E-state index in [9.17, 15) is 9.59 Å². The second-order valence-corrected chi connectivity index (χ2v) is 4.18. The molecule has 0 N–H and O–H groups in total. The van der Waals surface area contributed by atoms with E-state index >= 15 is 0 Å². The van der Waals surface area contributed by atoms with Crippen molar-refractivity contribution in [1.82, 2.24) is 4.98 Å². The normalized spacial score (nSPS) is 15.4. The molecule has 0 aliphatic carbocycles. The van der Waals surface area contributed by atoms with Crippen LogP contribution in [0.25, 0.3) is 10.8 Å². The Hall–Kier alpha value is -2.49. The average Bonchev–Trinajstić information content (AvgIpc) is 2.63. The Balaban J connectivity index is 2.22. The summed E-state index contributed by atoms with van der Waals surface area (Å²) in [5.74, 6) is -0.565. The van der Waals surface area contributed by atoms with Crippen molar-refractivity contribution >= 4 is 28.3 Å². The third-order valence-corrected chi connectivity index (χ3v) is 3.00. The third kappa shape index (κ3) is 1.43. The molecule has 1 aliphatic heterocycles. The van der Waals surface area contributed by atoms with Gasteiger partial charge in [-0.15, -0.1) is 0 Å². The fraction of sp³-hybridized carbons (Fsp3) is 0.0714. The van der Waals surface area contributed by atoms with Crippen LogP contribution in [0.5, 0.6) is 0 Å². The van der Waals surface area contributed by atoms with E-state index in [1.54, 1.807) is 25.4 Å². The summed E-state index contributed by atoms with van der Waals surface area (Å²) in [4.78, 5) is 29.1. The Morgan fingerprint density at radius 3 is 2.72 bits per heavy atom. The molecule has 18 heavy (non-hydrogen) atoms. The van der Waals surface area contributed by atoms with Crippen LogP contribution in [0.15, 0.2) is 48.3 Å². The van der Waals surface area contributed by atoms with E-state index in [0.29, 0.717) is 11.3 Å². The number of nitrogens with zero attached hydrogens (tertiary/aromatic N) is 2. The van der Waals surface area contributed by atoms with Crippen molar-refractivity contribution in [2.24, 2.45) is 0 Å². The van der Waals surface area contributed by atoms with Gasteiger partial charge in [-0.3, -0.25) is 14.6 Å². The van der Waals surface area contributed by atoms with Crippen molar-refractivity contribution in [3.05, 3.63) is 48.3 Å². The monoisotopic (exact) mass is 238 g/mol. The molecule has 0 radical (unpaired) electrons. The fourth-order valence-corrected chi connectivity index (χ4v) is 2.11. The number of aromatic nitrogens is 1. The molecule has 2 aromatic rings. The lowest BCUT2D eigenvalue weighted by Crippen LogP contribution is -2.30. The van der Waals surface area contributed by atoms with Gasteiger partial charge in [0.05, 0.1) is 5.69 Å². The number of amides is 2. The van der Waals surface area contributed by atoms with Crippen molar-refractivity contribution in [2.45, 2.75) is 6.92 Å². The number of pyridine rings is 1. The number of anilines is 1. The minimum atomic E-state index is -0.297. The number of fused-ring (bicyclic) bond motifs is 1. The summed E-state index contributed by atoms with van der Waals surface area (Å²) in [5.41, 5.74) is 1.05. The lowest BCUT2D eigenvalue weighted by Gasteiger charge is -2.16. The molecule has 1 aromatic carbocycles. The van der Waals surface area contributed by atoms with Gasteiger partial charge in [0, 0.05) is 29.4 Å². The smallest absolute Gasteiger partial charge is 0.261 e. The lowest BCUT2D eigenvalue weighted by atomic mass is 10.1. The second kappa shape index (κ2) is 3.77. The molecule has 1 aliphatic rings. The van der Waals surface area contributed by atoms with E-state index in [1.165, 1.54) is 11.0 Å². The molecule has 1 aromatic heterocycles. The van der Waals surface area contributed by atoms with Crippen molar-refractivity contribution in [1.29, 1.82) is 0 Å². The van der Waals surface area contributed by atoms with Crippen molar-refractivity contribution in [3.8, 4) is 0 Å². The highest BCUT2D eigenvalue weighted by Crippen LogP contribution is 2.29. The molecule has 4 nitrogen and oxygen atoms in total. The second-order valence-electron chi connectivity index (χ2n) is 4.18. The highest BCUT2D eigenvalue weighted by atomic mass is 16.2.